The van der Waals surface area contributed by atoms with E-state index < -0.39 is 0 Å². The smallest absolute Gasteiger partial charge is 0.0622 e. The highest BCUT2D eigenvalue weighted by molar-refractivity contribution is 9.38. The lowest BCUT2D eigenvalue weighted by Crippen LogP contribution is -2.02. The Morgan fingerprint density at radius 1 is 0.765 bits per heavy atom. The van der Waals surface area contributed by atoms with Crippen LogP contribution in [0.25, 0.3) is 0 Å². The molecule has 2 aromatic carbocycles. The number of halogens is 3. The topological polar surface area (TPSA) is 0 Å². The van der Waals surface area contributed by atoms with Crippen molar-refractivity contribution in [3.05, 3.63) is 77.7 Å². The summed E-state index contributed by atoms with van der Waals surface area (Å²) in [6.07, 6.45) is 2.16. The van der Waals surface area contributed by atoms with E-state index in [4.69, 9.17) is 0 Å². The first kappa shape index (κ1) is 13.3. The van der Waals surface area contributed by atoms with Crippen molar-refractivity contribution in [2.24, 2.45) is 0 Å². The molecule has 0 aromatic heterocycles. The standard InChI is InChI=1S/C14H10Br3/c15-14(16,17)13-9-5-4-8-12(13)10-11-6-2-1-3-7-11/h1-10H. The largest absolute Gasteiger partial charge is 0.160 e. The molecule has 17 heavy (non-hydrogen) atoms. The number of rotatable bonds is 2. The van der Waals surface area contributed by atoms with Crippen molar-refractivity contribution in [2.75, 3.05) is 0 Å². The van der Waals surface area contributed by atoms with Gasteiger partial charge in [0.15, 0.2) is 2.14 Å². The zero-order valence-electron chi connectivity index (χ0n) is 8.91. The first-order valence-corrected chi connectivity index (χ1v) is 7.51. The minimum atomic E-state index is -0.380. The highest BCUT2D eigenvalue weighted by atomic mass is 80.0. The fourth-order valence-corrected chi connectivity index (χ4v) is 2.69. The fourth-order valence-electron chi connectivity index (χ4n) is 1.61. The quantitative estimate of drug-likeness (QED) is 0.559. The number of hydrogen-bond donors (Lipinski definition) is 0. The van der Waals surface area contributed by atoms with Gasteiger partial charge in [-0.05, 0) is 16.7 Å². The molecule has 3 heteroatoms. The molecule has 0 saturated heterocycles. The number of alkyl halides is 3. The molecule has 0 spiro atoms. The molecule has 0 bridgehead atoms. The van der Waals surface area contributed by atoms with Crippen LogP contribution in [0.15, 0.2) is 54.6 Å². The summed E-state index contributed by atoms with van der Waals surface area (Å²) in [5.74, 6) is 0. The minimum Gasteiger partial charge on any atom is -0.0622 e. The Labute approximate surface area is 127 Å². The molecule has 0 aliphatic carbocycles. The molecule has 0 aliphatic rings. The van der Waals surface area contributed by atoms with Gasteiger partial charge in [-0.2, -0.15) is 0 Å². The van der Waals surface area contributed by atoms with Crippen molar-refractivity contribution >= 4 is 47.8 Å². The molecule has 2 aromatic rings. The average Bonchev–Trinajstić information content (AvgIpc) is 2.30. The van der Waals surface area contributed by atoms with Crippen LogP contribution in [0.2, 0.25) is 0 Å². The third kappa shape index (κ3) is 3.67. The lowest BCUT2D eigenvalue weighted by Gasteiger charge is -2.17. The van der Waals surface area contributed by atoms with Crippen LogP contribution in [0.1, 0.15) is 16.7 Å². The summed E-state index contributed by atoms with van der Waals surface area (Å²) in [6, 6.07) is 18.5. The molecule has 0 saturated carbocycles. The zero-order valence-corrected chi connectivity index (χ0v) is 13.7. The van der Waals surface area contributed by atoms with Crippen LogP contribution in [-0.2, 0) is 2.14 Å². The Balaban J connectivity index is 2.34. The number of benzene rings is 2. The van der Waals surface area contributed by atoms with E-state index in [2.05, 4.69) is 78.5 Å². The molecule has 0 fully saturated rings. The summed E-state index contributed by atoms with van der Waals surface area (Å²) >= 11 is 10.7. The summed E-state index contributed by atoms with van der Waals surface area (Å²) in [7, 11) is 0. The first-order chi connectivity index (χ1) is 8.07. The fraction of sp³-hybridized carbons (Fsp3) is 0.0714. The van der Waals surface area contributed by atoms with Gasteiger partial charge < -0.3 is 0 Å². The van der Waals surface area contributed by atoms with Gasteiger partial charge in [-0.3, -0.25) is 0 Å². The van der Waals surface area contributed by atoms with Gasteiger partial charge in [0, 0.05) is 6.42 Å². The second-order valence-electron chi connectivity index (χ2n) is 3.64. The van der Waals surface area contributed by atoms with Crippen LogP contribution in [0, 0.1) is 6.42 Å². The number of hydrogen-bond acceptors (Lipinski definition) is 0. The molecule has 0 unspecified atom stereocenters. The van der Waals surface area contributed by atoms with Gasteiger partial charge in [0.2, 0.25) is 0 Å². The Kier molecular flexibility index (Phi) is 4.45. The van der Waals surface area contributed by atoms with Crippen molar-refractivity contribution in [1.29, 1.82) is 0 Å². The van der Waals surface area contributed by atoms with E-state index in [1.165, 1.54) is 11.1 Å². The average molecular weight is 418 g/mol. The van der Waals surface area contributed by atoms with E-state index in [9.17, 15) is 0 Å². The molecule has 87 valence electrons. The molecular formula is C14H10Br3. The molecule has 2 rings (SSSR count). The monoisotopic (exact) mass is 415 g/mol. The summed E-state index contributed by atoms with van der Waals surface area (Å²) in [5, 5.41) is 0. The summed E-state index contributed by atoms with van der Waals surface area (Å²) in [6.45, 7) is 0. The second kappa shape index (κ2) is 5.68. The lowest BCUT2D eigenvalue weighted by atomic mass is 10.0. The maximum atomic E-state index is 3.56. The first-order valence-electron chi connectivity index (χ1n) is 5.13. The second-order valence-corrected chi connectivity index (χ2v) is 10.4. The van der Waals surface area contributed by atoms with E-state index in [-0.39, 0.29) is 2.14 Å². The molecule has 0 nitrogen and oxygen atoms in total. The highest BCUT2D eigenvalue weighted by Crippen LogP contribution is 2.46. The van der Waals surface area contributed by atoms with Crippen molar-refractivity contribution in [3.8, 4) is 0 Å². The molecule has 0 atom stereocenters. The Hall–Kier alpha value is -0.120. The molecule has 0 amide bonds. The van der Waals surface area contributed by atoms with E-state index in [0.717, 1.165) is 5.56 Å². The van der Waals surface area contributed by atoms with E-state index in [1.807, 2.05) is 30.3 Å². The Morgan fingerprint density at radius 3 is 2.00 bits per heavy atom. The highest BCUT2D eigenvalue weighted by Gasteiger charge is 2.23. The van der Waals surface area contributed by atoms with Crippen LogP contribution >= 0.6 is 47.8 Å². The van der Waals surface area contributed by atoms with Gasteiger partial charge in [-0.1, -0.05) is 102 Å². The van der Waals surface area contributed by atoms with E-state index in [0.29, 0.717) is 0 Å². The maximum Gasteiger partial charge on any atom is 0.160 e. The Morgan fingerprint density at radius 2 is 1.35 bits per heavy atom. The lowest BCUT2D eigenvalue weighted by molar-refractivity contribution is 1.29. The molecule has 0 aliphatic heterocycles. The van der Waals surface area contributed by atoms with Crippen LogP contribution in [-0.4, -0.2) is 0 Å². The molecule has 1 radical (unpaired) electrons. The minimum absolute atomic E-state index is 0.380. The summed E-state index contributed by atoms with van der Waals surface area (Å²) < 4.78 is -0.380. The Bertz CT molecular complexity index is 486. The van der Waals surface area contributed by atoms with Crippen molar-refractivity contribution < 1.29 is 0 Å². The maximum absolute atomic E-state index is 3.56. The summed E-state index contributed by atoms with van der Waals surface area (Å²) in [4.78, 5) is 0. The van der Waals surface area contributed by atoms with Crippen LogP contribution in [0.5, 0.6) is 0 Å². The molecular weight excluding hydrogens is 408 g/mol. The van der Waals surface area contributed by atoms with Crippen LogP contribution in [0.4, 0.5) is 0 Å². The van der Waals surface area contributed by atoms with Gasteiger partial charge >= 0.3 is 0 Å². The van der Waals surface area contributed by atoms with Crippen LogP contribution in [0.3, 0.4) is 0 Å². The molecule has 0 N–H and O–H groups in total. The third-order valence-corrected chi connectivity index (χ3v) is 3.67. The van der Waals surface area contributed by atoms with Crippen molar-refractivity contribution in [2.45, 2.75) is 2.14 Å². The van der Waals surface area contributed by atoms with Crippen molar-refractivity contribution in [1.82, 2.24) is 0 Å². The van der Waals surface area contributed by atoms with Gasteiger partial charge in [0.05, 0.1) is 0 Å². The van der Waals surface area contributed by atoms with E-state index >= 15 is 0 Å². The van der Waals surface area contributed by atoms with Gasteiger partial charge in [0.1, 0.15) is 0 Å². The van der Waals surface area contributed by atoms with Gasteiger partial charge in [-0.25, -0.2) is 0 Å². The predicted octanol–water partition coefficient (Wildman–Crippen LogP) is 5.58. The van der Waals surface area contributed by atoms with Crippen LogP contribution < -0.4 is 0 Å². The zero-order chi connectivity index (χ0) is 12.3. The third-order valence-electron chi connectivity index (χ3n) is 2.39. The van der Waals surface area contributed by atoms with E-state index in [1.54, 1.807) is 0 Å². The van der Waals surface area contributed by atoms with Gasteiger partial charge in [-0.15, -0.1) is 0 Å². The SMILES string of the molecule is BrC(Br)(Br)c1ccccc1[CH]c1ccccc1. The predicted molar refractivity (Wildman–Crippen MR) is 83.8 cm³/mol. The summed E-state index contributed by atoms with van der Waals surface area (Å²) in [5.41, 5.74) is 3.50. The van der Waals surface area contributed by atoms with Crippen molar-refractivity contribution in [3.63, 3.8) is 0 Å². The molecule has 0 heterocycles. The normalized spacial score (nSPS) is 11.5. The van der Waals surface area contributed by atoms with Gasteiger partial charge in [0.25, 0.3) is 0 Å².